The van der Waals surface area contributed by atoms with Crippen LogP contribution in [0.1, 0.15) is 18.9 Å². The zero-order chi connectivity index (χ0) is 15.9. The number of nitrogens with one attached hydrogen (secondary N) is 2. The summed E-state index contributed by atoms with van der Waals surface area (Å²) in [7, 11) is 0. The highest BCUT2D eigenvalue weighted by molar-refractivity contribution is 7.98. The fourth-order valence-electron chi connectivity index (χ4n) is 1.75. The summed E-state index contributed by atoms with van der Waals surface area (Å²) in [6, 6.07) is 6.77. The van der Waals surface area contributed by atoms with Crippen molar-refractivity contribution in [2.45, 2.75) is 32.1 Å². The molecule has 0 saturated carbocycles. The fraction of sp³-hybridized carbons (Fsp3) is 0.500. The van der Waals surface area contributed by atoms with E-state index in [0.717, 1.165) is 17.7 Å². The Balaban J connectivity index is 2.62. The Morgan fingerprint density at radius 1 is 1.38 bits per heavy atom. The van der Waals surface area contributed by atoms with Crippen molar-refractivity contribution in [3.8, 4) is 0 Å². The largest absolute Gasteiger partial charge is 0.471 e. The smallest absolute Gasteiger partial charge is 0.318 e. The second-order valence-electron chi connectivity index (χ2n) is 4.59. The minimum Gasteiger partial charge on any atom is -0.318 e. The molecule has 1 atom stereocenters. The number of hydrogen-bond donors (Lipinski definition) is 2. The number of halogens is 3. The van der Waals surface area contributed by atoms with Crippen LogP contribution in [0.25, 0.3) is 0 Å². The highest BCUT2D eigenvalue weighted by Gasteiger charge is 2.38. The van der Waals surface area contributed by atoms with Crippen molar-refractivity contribution in [1.29, 1.82) is 0 Å². The molecule has 1 rings (SSSR count). The third kappa shape index (κ3) is 6.39. The van der Waals surface area contributed by atoms with E-state index in [1.807, 2.05) is 17.6 Å². The molecule has 0 saturated heterocycles. The van der Waals surface area contributed by atoms with Gasteiger partial charge in [-0.2, -0.15) is 24.9 Å². The standard InChI is InChI=1S/C14H19F3N2OS/c1-3-11(9-21-2)18-8-10-5-4-6-12(7-10)19-13(20)14(15,16)17/h4-7,11,18H,3,8-9H2,1-2H3,(H,19,20). The van der Waals surface area contributed by atoms with E-state index in [1.54, 1.807) is 23.9 Å². The zero-order valence-corrected chi connectivity index (χ0v) is 12.8. The summed E-state index contributed by atoms with van der Waals surface area (Å²) in [4.78, 5) is 10.9. The number of thioether (sulfide) groups is 1. The van der Waals surface area contributed by atoms with Gasteiger partial charge in [0, 0.05) is 24.0 Å². The molecule has 3 nitrogen and oxygen atoms in total. The number of hydrogen-bond acceptors (Lipinski definition) is 3. The molecule has 21 heavy (non-hydrogen) atoms. The van der Waals surface area contributed by atoms with Crippen LogP contribution >= 0.6 is 11.8 Å². The molecule has 0 fully saturated rings. The van der Waals surface area contributed by atoms with E-state index in [9.17, 15) is 18.0 Å². The second-order valence-corrected chi connectivity index (χ2v) is 5.50. The van der Waals surface area contributed by atoms with Gasteiger partial charge >= 0.3 is 12.1 Å². The topological polar surface area (TPSA) is 41.1 Å². The number of anilines is 1. The summed E-state index contributed by atoms with van der Waals surface area (Å²) in [6.07, 6.45) is -1.87. The Morgan fingerprint density at radius 2 is 2.10 bits per heavy atom. The van der Waals surface area contributed by atoms with Crippen molar-refractivity contribution in [3.05, 3.63) is 29.8 Å². The van der Waals surface area contributed by atoms with Gasteiger partial charge in [-0.3, -0.25) is 4.79 Å². The van der Waals surface area contributed by atoms with Gasteiger partial charge in [-0.15, -0.1) is 0 Å². The molecule has 118 valence electrons. The van der Waals surface area contributed by atoms with Gasteiger partial charge in [0.25, 0.3) is 0 Å². The van der Waals surface area contributed by atoms with Crippen LogP contribution in [0.15, 0.2) is 24.3 Å². The zero-order valence-electron chi connectivity index (χ0n) is 12.0. The van der Waals surface area contributed by atoms with E-state index in [1.165, 1.54) is 6.07 Å². The van der Waals surface area contributed by atoms with Gasteiger partial charge in [-0.25, -0.2) is 0 Å². The number of rotatable bonds is 7. The van der Waals surface area contributed by atoms with Crippen molar-refractivity contribution >= 4 is 23.4 Å². The SMILES string of the molecule is CCC(CSC)NCc1cccc(NC(=O)C(F)(F)F)c1. The molecule has 7 heteroatoms. The monoisotopic (exact) mass is 320 g/mol. The van der Waals surface area contributed by atoms with Crippen molar-refractivity contribution in [2.75, 3.05) is 17.3 Å². The molecule has 1 aromatic rings. The summed E-state index contributed by atoms with van der Waals surface area (Å²) >= 11 is 1.74. The molecular formula is C14H19F3N2OS. The Bertz CT molecular complexity index is 466. The first-order valence-electron chi connectivity index (χ1n) is 6.56. The molecule has 0 radical (unpaired) electrons. The number of amides is 1. The molecule has 1 unspecified atom stereocenters. The van der Waals surface area contributed by atoms with Crippen LogP contribution in [0.3, 0.4) is 0 Å². The minimum atomic E-state index is -4.88. The number of alkyl halides is 3. The minimum absolute atomic E-state index is 0.148. The molecule has 0 aliphatic rings. The molecule has 0 spiro atoms. The number of carbonyl (C=O) groups excluding carboxylic acids is 1. The quantitative estimate of drug-likeness (QED) is 0.809. The lowest BCUT2D eigenvalue weighted by atomic mass is 10.1. The molecular weight excluding hydrogens is 301 g/mol. The molecule has 0 aromatic heterocycles. The first-order valence-corrected chi connectivity index (χ1v) is 7.95. The van der Waals surface area contributed by atoms with E-state index in [-0.39, 0.29) is 5.69 Å². The lowest BCUT2D eigenvalue weighted by Crippen LogP contribution is -2.31. The molecule has 0 bridgehead atoms. The summed E-state index contributed by atoms with van der Waals surface area (Å²) in [5.41, 5.74) is 0.976. The molecule has 2 N–H and O–H groups in total. The van der Waals surface area contributed by atoms with Crippen molar-refractivity contribution in [3.63, 3.8) is 0 Å². The van der Waals surface area contributed by atoms with Crippen LogP contribution in [0, 0.1) is 0 Å². The summed E-state index contributed by atoms with van der Waals surface area (Å²) < 4.78 is 36.6. The maximum atomic E-state index is 12.2. The lowest BCUT2D eigenvalue weighted by Gasteiger charge is -2.16. The van der Waals surface area contributed by atoms with E-state index in [4.69, 9.17) is 0 Å². The maximum Gasteiger partial charge on any atom is 0.471 e. The summed E-state index contributed by atoms with van der Waals surface area (Å²) in [5, 5.41) is 5.19. The average Bonchev–Trinajstić information content (AvgIpc) is 2.43. The lowest BCUT2D eigenvalue weighted by molar-refractivity contribution is -0.167. The maximum absolute atomic E-state index is 12.2. The Labute approximate surface area is 126 Å². The normalized spacial score (nSPS) is 13.0. The third-order valence-electron chi connectivity index (χ3n) is 2.90. The van der Waals surface area contributed by atoms with Crippen LogP contribution in [0.2, 0.25) is 0 Å². The summed E-state index contributed by atoms with van der Waals surface area (Å²) in [5.74, 6) is -0.984. The fourth-order valence-corrected chi connectivity index (χ4v) is 2.50. The van der Waals surface area contributed by atoms with Gasteiger partial charge in [0.15, 0.2) is 0 Å². The van der Waals surface area contributed by atoms with Crippen LogP contribution in [-0.4, -0.2) is 30.1 Å². The highest BCUT2D eigenvalue weighted by atomic mass is 32.2. The van der Waals surface area contributed by atoms with E-state index >= 15 is 0 Å². The second kappa shape index (κ2) is 8.29. The van der Waals surface area contributed by atoms with Crippen LogP contribution in [0.4, 0.5) is 18.9 Å². The Morgan fingerprint density at radius 3 is 2.67 bits per heavy atom. The van der Waals surface area contributed by atoms with Gasteiger partial charge in [0.2, 0.25) is 0 Å². The van der Waals surface area contributed by atoms with Crippen LogP contribution in [0.5, 0.6) is 0 Å². The van der Waals surface area contributed by atoms with Gasteiger partial charge < -0.3 is 10.6 Å². The van der Waals surface area contributed by atoms with Gasteiger partial charge in [-0.1, -0.05) is 19.1 Å². The molecule has 1 aromatic carbocycles. The van der Waals surface area contributed by atoms with Gasteiger partial charge in [0.1, 0.15) is 0 Å². The van der Waals surface area contributed by atoms with Gasteiger partial charge in [0.05, 0.1) is 0 Å². The van der Waals surface area contributed by atoms with Crippen LogP contribution < -0.4 is 10.6 Å². The molecule has 1 amide bonds. The first-order chi connectivity index (χ1) is 9.86. The van der Waals surface area contributed by atoms with E-state index < -0.39 is 12.1 Å². The van der Waals surface area contributed by atoms with Crippen molar-refractivity contribution in [1.82, 2.24) is 5.32 Å². The number of carbonyl (C=O) groups is 1. The predicted octanol–water partition coefficient (Wildman–Crippen LogP) is 3.42. The predicted molar refractivity (Wildman–Crippen MR) is 80.4 cm³/mol. The highest BCUT2D eigenvalue weighted by Crippen LogP contribution is 2.19. The Hall–Kier alpha value is -1.21. The first kappa shape index (κ1) is 17.8. The molecule has 0 aliphatic heterocycles. The Kier molecular flexibility index (Phi) is 7.04. The van der Waals surface area contributed by atoms with Crippen molar-refractivity contribution in [2.24, 2.45) is 0 Å². The third-order valence-corrected chi connectivity index (χ3v) is 3.63. The molecule has 0 aliphatic carbocycles. The molecule has 0 heterocycles. The van der Waals surface area contributed by atoms with E-state index in [2.05, 4.69) is 12.2 Å². The number of benzene rings is 1. The van der Waals surface area contributed by atoms with Gasteiger partial charge in [-0.05, 0) is 30.4 Å². The van der Waals surface area contributed by atoms with Crippen LogP contribution in [-0.2, 0) is 11.3 Å². The average molecular weight is 320 g/mol. The van der Waals surface area contributed by atoms with Crippen molar-refractivity contribution < 1.29 is 18.0 Å². The van der Waals surface area contributed by atoms with E-state index in [0.29, 0.717) is 12.6 Å². The summed E-state index contributed by atoms with van der Waals surface area (Å²) in [6.45, 7) is 2.63.